The zero-order valence-corrected chi connectivity index (χ0v) is 15.7. The third kappa shape index (κ3) is 4.36. The first-order chi connectivity index (χ1) is 13.2. The zero-order valence-electron chi connectivity index (χ0n) is 15.7. The van der Waals surface area contributed by atoms with Crippen molar-refractivity contribution in [2.45, 2.75) is 19.0 Å². The van der Waals surface area contributed by atoms with Gasteiger partial charge in [-0.05, 0) is 30.2 Å². The maximum Gasteiger partial charge on any atom is 0.227 e. The lowest BCUT2D eigenvalue weighted by atomic mass is 10.2. The van der Waals surface area contributed by atoms with Crippen molar-refractivity contribution in [3.8, 4) is 0 Å². The molecule has 6 nitrogen and oxygen atoms in total. The molecule has 1 aromatic heterocycles. The van der Waals surface area contributed by atoms with Crippen LogP contribution in [0.1, 0.15) is 12.0 Å². The van der Waals surface area contributed by atoms with Crippen LogP contribution in [-0.2, 0) is 11.3 Å². The average Bonchev–Trinajstić information content (AvgIpc) is 3.16. The van der Waals surface area contributed by atoms with Crippen molar-refractivity contribution < 1.29 is 9.13 Å². The van der Waals surface area contributed by atoms with Crippen molar-refractivity contribution in [2.75, 3.05) is 56.2 Å². The zero-order chi connectivity index (χ0) is 18.6. The van der Waals surface area contributed by atoms with E-state index in [4.69, 9.17) is 9.72 Å². The predicted octanol–water partition coefficient (Wildman–Crippen LogP) is 2.16. The van der Waals surface area contributed by atoms with E-state index in [1.807, 2.05) is 18.3 Å². The molecule has 0 bridgehead atoms. The van der Waals surface area contributed by atoms with Crippen LogP contribution in [0.25, 0.3) is 0 Å². The number of hydrogen-bond acceptors (Lipinski definition) is 6. The first-order valence-corrected chi connectivity index (χ1v) is 9.54. The number of nitrogens with zero attached hydrogens (tertiary/aromatic N) is 5. The van der Waals surface area contributed by atoms with Crippen LogP contribution < -0.4 is 9.80 Å². The predicted molar refractivity (Wildman–Crippen MR) is 104 cm³/mol. The molecular weight excluding hydrogens is 345 g/mol. The Morgan fingerprint density at radius 3 is 2.89 bits per heavy atom. The number of benzene rings is 1. The van der Waals surface area contributed by atoms with Crippen LogP contribution in [0, 0.1) is 5.82 Å². The Balaban J connectivity index is 1.39. The van der Waals surface area contributed by atoms with Crippen molar-refractivity contribution in [3.05, 3.63) is 47.9 Å². The number of rotatable bonds is 5. The molecule has 1 aromatic carbocycles. The van der Waals surface area contributed by atoms with Gasteiger partial charge in [0.05, 0.1) is 13.2 Å². The molecule has 0 amide bonds. The quantitative estimate of drug-likeness (QED) is 0.803. The third-order valence-corrected chi connectivity index (χ3v) is 5.37. The van der Waals surface area contributed by atoms with Crippen LogP contribution in [0.15, 0.2) is 36.5 Å². The summed E-state index contributed by atoms with van der Waals surface area (Å²) in [6.07, 6.45) is 2.91. The largest absolute Gasteiger partial charge is 0.378 e. The Labute approximate surface area is 159 Å². The number of ether oxygens (including phenoxy) is 1. The van der Waals surface area contributed by atoms with Crippen LogP contribution >= 0.6 is 0 Å². The minimum Gasteiger partial charge on any atom is -0.378 e. The smallest absolute Gasteiger partial charge is 0.227 e. The van der Waals surface area contributed by atoms with E-state index in [2.05, 4.69) is 26.7 Å². The lowest BCUT2D eigenvalue weighted by molar-refractivity contribution is 0.122. The van der Waals surface area contributed by atoms with Gasteiger partial charge in [-0.3, -0.25) is 4.90 Å². The highest BCUT2D eigenvalue weighted by Gasteiger charge is 2.27. The highest BCUT2D eigenvalue weighted by atomic mass is 19.1. The molecule has 27 heavy (non-hydrogen) atoms. The second-order valence-electron chi connectivity index (χ2n) is 7.23. The van der Waals surface area contributed by atoms with Gasteiger partial charge in [0.2, 0.25) is 5.95 Å². The summed E-state index contributed by atoms with van der Waals surface area (Å²) in [5, 5.41) is 0. The summed E-state index contributed by atoms with van der Waals surface area (Å²) in [5.74, 6) is 1.55. The van der Waals surface area contributed by atoms with Gasteiger partial charge in [0.25, 0.3) is 0 Å². The molecule has 2 fully saturated rings. The summed E-state index contributed by atoms with van der Waals surface area (Å²) in [7, 11) is 2.10. The molecule has 3 heterocycles. The highest BCUT2D eigenvalue weighted by molar-refractivity contribution is 5.44. The number of anilines is 2. The van der Waals surface area contributed by atoms with Crippen molar-refractivity contribution in [3.63, 3.8) is 0 Å². The molecular formula is C20H26FN5O. The normalized spacial score (nSPS) is 20.8. The second-order valence-corrected chi connectivity index (χ2v) is 7.23. The summed E-state index contributed by atoms with van der Waals surface area (Å²) in [6.45, 7) is 5.85. The van der Waals surface area contributed by atoms with Crippen LogP contribution in [0.3, 0.4) is 0 Å². The first-order valence-electron chi connectivity index (χ1n) is 9.54. The molecule has 2 aliphatic rings. The van der Waals surface area contributed by atoms with E-state index in [1.54, 1.807) is 12.1 Å². The molecule has 4 rings (SSSR count). The number of morpholine rings is 1. The van der Waals surface area contributed by atoms with Crippen molar-refractivity contribution in [1.82, 2.24) is 14.9 Å². The van der Waals surface area contributed by atoms with Gasteiger partial charge in [-0.15, -0.1) is 0 Å². The van der Waals surface area contributed by atoms with Crippen molar-refractivity contribution in [2.24, 2.45) is 0 Å². The molecule has 144 valence electrons. The van der Waals surface area contributed by atoms with Gasteiger partial charge in [0.15, 0.2) is 0 Å². The fraction of sp³-hybridized carbons (Fsp3) is 0.500. The van der Waals surface area contributed by atoms with Crippen molar-refractivity contribution >= 4 is 11.8 Å². The minimum absolute atomic E-state index is 0.169. The Morgan fingerprint density at radius 1 is 1.22 bits per heavy atom. The van der Waals surface area contributed by atoms with Crippen molar-refractivity contribution in [1.29, 1.82) is 0 Å². The second kappa shape index (κ2) is 8.19. The van der Waals surface area contributed by atoms with Gasteiger partial charge < -0.3 is 14.5 Å². The van der Waals surface area contributed by atoms with Gasteiger partial charge in [-0.1, -0.05) is 12.1 Å². The highest BCUT2D eigenvalue weighted by Crippen LogP contribution is 2.23. The molecule has 0 saturated carbocycles. The van der Waals surface area contributed by atoms with E-state index in [1.165, 1.54) is 6.07 Å². The topological polar surface area (TPSA) is 44.7 Å². The summed E-state index contributed by atoms with van der Waals surface area (Å²) in [4.78, 5) is 16.0. The van der Waals surface area contributed by atoms with Gasteiger partial charge >= 0.3 is 0 Å². The molecule has 1 unspecified atom stereocenters. The number of likely N-dealkylation sites (N-methyl/N-ethyl adjacent to an activating group) is 1. The molecule has 1 atom stereocenters. The van der Waals surface area contributed by atoms with Gasteiger partial charge in [-0.25, -0.2) is 9.37 Å². The number of aromatic nitrogens is 2. The van der Waals surface area contributed by atoms with Crippen LogP contribution in [0.2, 0.25) is 0 Å². The Kier molecular flexibility index (Phi) is 5.50. The summed E-state index contributed by atoms with van der Waals surface area (Å²) >= 11 is 0. The van der Waals surface area contributed by atoms with Crippen LogP contribution in [-0.4, -0.2) is 67.4 Å². The monoisotopic (exact) mass is 371 g/mol. The third-order valence-electron chi connectivity index (χ3n) is 5.37. The van der Waals surface area contributed by atoms with Gasteiger partial charge in [0.1, 0.15) is 11.6 Å². The van der Waals surface area contributed by atoms with Gasteiger partial charge in [0, 0.05) is 52.0 Å². The first kappa shape index (κ1) is 18.1. The van der Waals surface area contributed by atoms with E-state index in [-0.39, 0.29) is 5.82 Å². The van der Waals surface area contributed by atoms with Crippen LogP contribution in [0.4, 0.5) is 16.2 Å². The Morgan fingerprint density at radius 2 is 2.07 bits per heavy atom. The molecule has 2 aliphatic heterocycles. The Hall–Kier alpha value is -2.25. The van der Waals surface area contributed by atoms with E-state index in [9.17, 15) is 4.39 Å². The van der Waals surface area contributed by atoms with Gasteiger partial charge in [-0.2, -0.15) is 4.98 Å². The molecule has 0 aliphatic carbocycles. The fourth-order valence-corrected chi connectivity index (χ4v) is 3.80. The molecule has 0 radical (unpaired) electrons. The number of likely N-dealkylation sites (tertiary alicyclic amines) is 1. The van der Waals surface area contributed by atoms with Crippen LogP contribution in [0.5, 0.6) is 0 Å². The van der Waals surface area contributed by atoms with E-state index in [0.29, 0.717) is 6.04 Å². The lowest BCUT2D eigenvalue weighted by Gasteiger charge is -2.29. The fourth-order valence-electron chi connectivity index (χ4n) is 3.80. The SMILES string of the molecule is CN(c1ccnc(N2CCOCC2)n1)C1CCN(Cc2cccc(F)c2)C1. The maximum atomic E-state index is 13.4. The number of halogens is 1. The molecule has 2 aromatic rings. The average molecular weight is 371 g/mol. The summed E-state index contributed by atoms with van der Waals surface area (Å²) in [5.41, 5.74) is 1.02. The summed E-state index contributed by atoms with van der Waals surface area (Å²) in [6, 6.07) is 9.24. The Bertz CT molecular complexity index is 768. The van der Waals surface area contributed by atoms with E-state index in [0.717, 1.165) is 69.7 Å². The summed E-state index contributed by atoms with van der Waals surface area (Å²) < 4.78 is 18.8. The lowest BCUT2D eigenvalue weighted by Crippen LogP contribution is -2.38. The van der Waals surface area contributed by atoms with E-state index >= 15 is 0 Å². The standard InChI is InChI=1S/C20H26FN5O/c1-24(19-5-7-22-20(23-19)26-9-11-27-12-10-26)18-6-8-25(15-18)14-16-3-2-4-17(21)13-16/h2-5,7,13,18H,6,8-12,14-15H2,1H3. The molecule has 0 N–H and O–H groups in total. The molecule has 2 saturated heterocycles. The molecule has 7 heteroatoms. The maximum absolute atomic E-state index is 13.4. The molecule has 0 spiro atoms. The minimum atomic E-state index is -0.169. The van der Waals surface area contributed by atoms with E-state index < -0.39 is 0 Å². The number of hydrogen-bond donors (Lipinski definition) is 0.